The zero-order chi connectivity index (χ0) is 16.2. The maximum atomic E-state index is 12.3. The summed E-state index contributed by atoms with van der Waals surface area (Å²) in [7, 11) is -3.59. The lowest BCUT2D eigenvalue weighted by atomic mass is 10.4. The Kier molecular flexibility index (Phi) is 5.36. The molecule has 0 aliphatic carbocycles. The number of furan rings is 1. The Balaban J connectivity index is 2.07. The van der Waals surface area contributed by atoms with E-state index in [0.29, 0.717) is 17.2 Å². The molecule has 0 bridgehead atoms. The highest BCUT2D eigenvalue weighted by molar-refractivity contribution is 7.92. The number of nitrogens with zero attached hydrogens (tertiary/aromatic N) is 1. The third kappa shape index (κ3) is 3.95. The van der Waals surface area contributed by atoms with Gasteiger partial charge >= 0.3 is 0 Å². The van der Waals surface area contributed by atoms with Crippen LogP contribution in [0.1, 0.15) is 26.0 Å². The summed E-state index contributed by atoms with van der Waals surface area (Å²) < 4.78 is 29.6. The fourth-order valence-corrected chi connectivity index (χ4v) is 3.91. The number of sulfone groups is 1. The molecule has 0 radical (unpaired) electrons. The van der Waals surface area contributed by atoms with Gasteiger partial charge in [-0.15, -0.1) is 11.3 Å². The molecule has 0 aliphatic rings. The molecular formula is C14H18N2O4S2. The van der Waals surface area contributed by atoms with Crippen LogP contribution in [-0.4, -0.2) is 31.1 Å². The van der Waals surface area contributed by atoms with E-state index in [9.17, 15) is 13.2 Å². The van der Waals surface area contributed by atoms with Crippen molar-refractivity contribution in [2.24, 2.45) is 0 Å². The van der Waals surface area contributed by atoms with Crippen LogP contribution in [0, 0.1) is 0 Å². The predicted molar refractivity (Wildman–Crippen MR) is 85.2 cm³/mol. The average Bonchev–Trinajstić information content (AvgIpc) is 3.14. The minimum Gasteiger partial charge on any atom is -0.472 e. The topological polar surface area (TPSA) is 89.3 Å². The molecule has 0 spiro atoms. The van der Waals surface area contributed by atoms with Crippen molar-refractivity contribution in [3.05, 3.63) is 29.7 Å². The summed E-state index contributed by atoms with van der Waals surface area (Å²) in [4.78, 5) is 16.1. The van der Waals surface area contributed by atoms with E-state index >= 15 is 0 Å². The SMILES string of the molecule is CCCNC(=O)C(C)S(=O)(=O)Cc1csc(-c2ccoc2)n1. The first kappa shape index (κ1) is 16.7. The number of carbonyl (C=O) groups excluding carboxylic acids is 1. The zero-order valence-corrected chi connectivity index (χ0v) is 14.0. The lowest BCUT2D eigenvalue weighted by molar-refractivity contribution is -0.120. The minimum absolute atomic E-state index is 0.248. The summed E-state index contributed by atoms with van der Waals surface area (Å²) >= 11 is 1.35. The van der Waals surface area contributed by atoms with Crippen LogP contribution in [0.25, 0.3) is 10.6 Å². The van der Waals surface area contributed by atoms with Gasteiger partial charge in [-0.3, -0.25) is 4.79 Å². The van der Waals surface area contributed by atoms with Crippen LogP contribution in [-0.2, 0) is 20.4 Å². The molecule has 0 saturated heterocycles. The Hall–Kier alpha value is -1.67. The van der Waals surface area contributed by atoms with Gasteiger partial charge in [0.05, 0.1) is 17.7 Å². The van der Waals surface area contributed by atoms with Crippen molar-refractivity contribution in [3.63, 3.8) is 0 Å². The highest BCUT2D eigenvalue weighted by atomic mass is 32.2. The van der Waals surface area contributed by atoms with Gasteiger partial charge in [-0.1, -0.05) is 6.92 Å². The third-order valence-electron chi connectivity index (χ3n) is 3.13. The summed E-state index contributed by atoms with van der Waals surface area (Å²) in [5, 5.41) is 3.91. The molecule has 2 heterocycles. The van der Waals surface area contributed by atoms with Crippen LogP contribution in [0.2, 0.25) is 0 Å². The summed E-state index contributed by atoms with van der Waals surface area (Å²) in [5.74, 6) is -0.714. The molecule has 6 nitrogen and oxygen atoms in total. The van der Waals surface area contributed by atoms with Gasteiger partial charge in [0, 0.05) is 17.5 Å². The highest BCUT2D eigenvalue weighted by Gasteiger charge is 2.28. The number of aromatic nitrogens is 1. The van der Waals surface area contributed by atoms with Crippen molar-refractivity contribution in [1.29, 1.82) is 0 Å². The molecule has 8 heteroatoms. The molecule has 0 aliphatic heterocycles. The summed E-state index contributed by atoms with van der Waals surface area (Å²) in [5.41, 5.74) is 1.25. The van der Waals surface area contributed by atoms with Crippen LogP contribution in [0.15, 0.2) is 28.4 Å². The highest BCUT2D eigenvalue weighted by Crippen LogP contribution is 2.25. The molecule has 1 N–H and O–H groups in total. The molecule has 0 fully saturated rings. The lowest BCUT2D eigenvalue weighted by Crippen LogP contribution is -2.38. The van der Waals surface area contributed by atoms with Gasteiger partial charge in [-0.2, -0.15) is 0 Å². The Labute approximate surface area is 133 Å². The van der Waals surface area contributed by atoms with Crippen LogP contribution in [0.3, 0.4) is 0 Å². The van der Waals surface area contributed by atoms with Gasteiger partial charge in [0.25, 0.3) is 0 Å². The number of rotatable bonds is 7. The van der Waals surface area contributed by atoms with E-state index < -0.39 is 21.0 Å². The van der Waals surface area contributed by atoms with Crippen molar-refractivity contribution in [1.82, 2.24) is 10.3 Å². The number of hydrogen-bond acceptors (Lipinski definition) is 6. The fraction of sp³-hybridized carbons (Fsp3) is 0.429. The smallest absolute Gasteiger partial charge is 0.238 e. The van der Waals surface area contributed by atoms with Gasteiger partial charge in [0.15, 0.2) is 9.84 Å². The molecule has 2 rings (SSSR count). The molecule has 22 heavy (non-hydrogen) atoms. The fourth-order valence-electron chi connectivity index (χ4n) is 1.78. The molecule has 0 aromatic carbocycles. The molecule has 2 aromatic rings. The van der Waals surface area contributed by atoms with E-state index in [1.807, 2.05) is 6.92 Å². The third-order valence-corrected chi connectivity index (χ3v) is 6.06. The van der Waals surface area contributed by atoms with Crippen molar-refractivity contribution in [2.75, 3.05) is 6.54 Å². The quantitative estimate of drug-likeness (QED) is 0.833. The van der Waals surface area contributed by atoms with Crippen molar-refractivity contribution < 1.29 is 17.6 Å². The summed E-state index contributed by atoms with van der Waals surface area (Å²) in [6, 6.07) is 1.76. The minimum atomic E-state index is -3.59. The van der Waals surface area contributed by atoms with E-state index in [4.69, 9.17) is 4.42 Å². The Morgan fingerprint density at radius 2 is 2.27 bits per heavy atom. The molecule has 0 saturated carbocycles. The van der Waals surface area contributed by atoms with Crippen molar-refractivity contribution in [3.8, 4) is 10.6 Å². The molecule has 1 unspecified atom stereocenters. The monoisotopic (exact) mass is 342 g/mol. The first-order valence-electron chi connectivity index (χ1n) is 6.90. The van der Waals surface area contributed by atoms with Crippen molar-refractivity contribution >= 4 is 27.1 Å². The Morgan fingerprint density at radius 3 is 2.91 bits per heavy atom. The number of carbonyl (C=O) groups is 1. The number of amides is 1. The predicted octanol–water partition coefficient (Wildman–Crippen LogP) is 2.23. The molecule has 1 atom stereocenters. The zero-order valence-electron chi connectivity index (χ0n) is 12.4. The van der Waals surface area contributed by atoms with E-state index in [1.54, 1.807) is 17.7 Å². The van der Waals surface area contributed by atoms with E-state index in [0.717, 1.165) is 12.0 Å². The Bertz CT molecular complexity index is 720. The van der Waals surface area contributed by atoms with Gasteiger partial charge in [-0.05, 0) is 19.4 Å². The Morgan fingerprint density at radius 1 is 1.50 bits per heavy atom. The largest absolute Gasteiger partial charge is 0.472 e. The van der Waals surface area contributed by atoms with E-state index in [1.165, 1.54) is 24.5 Å². The summed E-state index contributed by atoms with van der Waals surface area (Å²) in [6.45, 7) is 3.79. The second-order valence-electron chi connectivity index (χ2n) is 4.90. The average molecular weight is 342 g/mol. The second kappa shape index (κ2) is 7.06. The normalized spacial score (nSPS) is 13.0. The van der Waals surface area contributed by atoms with E-state index in [-0.39, 0.29) is 5.75 Å². The number of nitrogens with one attached hydrogen (secondary N) is 1. The van der Waals surface area contributed by atoms with Crippen LogP contribution in [0.5, 0.6) is 0 Å². The maximum absolute atomic E-state index is 12.3. The first-order chi connectivity index (χ1) is 10.4. The number of thiazole rings is 1. The standard InChI is InChI=1S/C14H18N2O4S2/c1-3-5-15-13(17)10(2)22(18,19)9-12-8-21-14(16-12)11-4-6-20-7-11/h4,6-8,10H,3,5,9H2,1-2H3,(H,15,17). The van der Waals surface area contributed by atoms with Gasteiger partial charge in [-0.25, -0.2) is 13.4 Å². The van der Waals surface area contributed by atoms with E-state index in [2.05, 4.69) is 10.3 Å². The first-order valence-corrected chi connectivity index (χ1v) is 9.49. The van der Waals surface area contributed by atoms with Crippen LogP contribution in [0.4, 0.5) is 0 Å². The summed E-state index contributed by atoms with van der Waals surface area (Å²) in [6.07, 6.45) is 3.85. The second-order valence-corrected chi connectivity index (χ2v) is 8.08. The van der Waals surface area contributed by atoms with Crippen LogP contribution >= 0.6 is 11.3 Å². The molecule has 120 valence electrons. The van der Waals surface area contributed by atoms with Gasteiger partial charge in [0.1, 0.15) is 16.5 Å². The van der Waals surface area contributed by atoms with Gasteiger partial charge in [0.2, 0.25) is 5.91 Å². The molecular weight excluding hydrogens is 324 g/mol. The molecule has 2 aromatic heterocycles. The number of hydrogen-bond donors (Lipinski definition) is 1. The maximum Gasteiger partial charge on any atom is 0.238 e. The van der Waals surface area contributed by atoms with Crippen molar-refractivity contribution in [2.45, 2.75) is 31.3 Å². The van der Waals surface area contributed by atoms with Crippen LogP contribution < -0.4 is 5.32 Å². The molecule has 1 amide bonds. The van der Waals surface area contributed by atoms with Gasteiger partial charge < -0.3 is 9.73 Å². The lowest BCUT2D eigenvalue weighted by Gasteiger charge is -2.12.